The molecule has 2 aromatic rings. The molecule has 0 aromatic heterocycles. The summed E-state index contributed by atoms with van der Waals surface area (Å²) >= 11 is 10.8. The number of benzene rings is 2. The van der Waals surface area contributed by atoms with Gasteiger partial charge in [-0.3, -0.25) is 0 Å². The molecule has 0 atom stereocenters. The molecule has 2 fully saturated rings. The third-order valence-electron chi connectivity index (χ3n) is 4.18. The predicted octanol–water partition coefficient (Wildman–Crippen LogP) is 1.65. The Hall–Kier alpha value is -2.18. The minimum absolute atomic E-state index is 0.579. The van der Waals surface area contributed by atoms with Crippen molar-refractivity contribution in [2.75, 3.05) is 0 Å². The van der Waals surface area contributed by atoms with Gasteiger partial charge in [-0.15, -0.1) is 0 Å². The molecular formula is C16H14N4S2. The molecule has 0 spiro atoms. The summed E-state index contributed by atoms with van der Waals surface area (Å²) < 4.78 is 0. The van der Waals surface area contributed by atoms with Crippen LogP contribution in [0, 0.1) is 0 Å². The van der Waals surface area contributed by atoms with Crippen molar-refractivity contribution in [1.29, 1.82) is 0 Å². The van der Waals surface area contributed by atoms with E-state index in [1.165, 1.54) is 0 Å². The molecule has 22 heavy (non-hydrogen) atoms. The Morgan fingerprint density at radius 2 is 0.864 bits per heavy atom. The third-order valence-corrected chi connectivity index (χ3v) is 4.59. The van der Waals surface area contributed by atoms with E-state index in [2.05, 4.69) is 45.5 Å². The first-order chi connectivity index (χ1) is 10.7. The lowest BCUT2D eigenvalue weighted by molar-refractivity contribution is 0.208. The molecule has 2 aliphatic rings. The fourth-order valence-corrected chi connectivity index (χ4v) is 3.89. The van der Waals surface area contributed by atoms with Crippen LogP contribution in [0.2, 0.25) is 0 Å². The van der Waals surface area contributed by atoms with E-state index in [0.29, 0.717) is 10.2 Å². The van der Waals surface area contributed by atoms with Gasteiger partial charge < -0.3 is 21.3 Å². The second kappa shape index (κ2) is 4.66. The first kappa shape index (κ1) is 13.5. The number of hydrogen-bond acceptors (Lipinski definition) is 2. The van der Waals surface area contributed by atoms with E-state index in [0.717, 1.165) is 11.1 Å². The molecule has 0 saturated carbocycles. The number of nitrogens with one attached hydrogen (secondary N) is 4. The Morgan fingerprint density at radius 3 is 1.18 bits per heavy atom. The van der Waals surface area contributed by atoms with Crippen LogP contribution in [-0.4, -0.2) is 10.2 Å². The highest BCUT2D eigenvalue weighted by atomic mass is 32.1. The van der Waals surface area contributed by atoms with Crippen molar-refractivity contribution in [2.45, 2.75) is 11.3 Å². The normalized spacial score (nSPS) is 29.1. The van der Waals surface area contributed by atoms with E-state index in [1.807, 2.05) is 36.4 Å². The minimum atomic E-state index is -0.663. The fraction of sp³-hybridized carbons (Fsp3) is 0.125. The molecule has 2 heterocycles. The zero-order valence-electron chi connectivity index (χ0n) is 11.6. The quantitative estimate of drug-likeness (QED) is 0.630. The highest BCUT2D eigenvalue weighted by Crippen LogP contribution is 2.43. The Morgan fingerprint density at radius 1 is 0.545 bits per heavy atom. The SMILES string of the molecule is S=C1NC2(c3ccccc3)NC(=S)NC2(c2ccccc2)N1. The van der Waals surface area contributed by atoms with Crippen molar-refractivity contribution in [3.05, 3.63) is 71.8 Å². The summed E-state index contributed by atoms with van der Waals surface area (Å²) in [6, 6.07) is 20.2. The first-order valence-corrected chi connectivity index (χ1v) is 7.80. The lowest BCUT2D eigenvalue weighted by Gasteiger charge is -2.38. The molecule has 0 bridgehead atoms. The summed E-state index contributed by atoms with van der Waals surface area (Å²) in [7, 11) is 0. The topological polar surface area (TPSA) is 48.1 Å². The van der Waals surface area contributed by atoms with Crippen LogP contribution in [0.1, 0.15) is 11.1 Å². The van der Waals surface area contributed by atoms with Crippen LogP contribution < -0.4 is 21.3 Å². The molecular weight excluding hydrogens is 312 g/mol. The van der Waals surface area contributed by atoms with Crippen LogP contribution in [0.25, 0.3) is 0 Å². The maximum absolute atomic E-state index is 5.41. The fourth-order valence-electron chi connectivity index (χ4n) is 3.28. The van der Waals surface area contributed by atoms with Crippen molar-refractivity contribution in [1.82, 2.24) is 21.3 Å². The highest BCUT2D eigenvalue weighted by Gasteiger charge is 2.64. The first-order valence-electron chi connectivity index (χ1n) is 6.98. The number of rotatable bonds is 2. The van der Waals surface area contributed by atoms with E-state index in [4.69, 9.17) is 24.4 Å². The van der Waals surface area contributed by atoms with E-state index in [9.17, 15) is 0 Å². The number of thiocarbonyl (C=S) groups is 2. The predicted molar refractivity (Wildman–Crippen MR) is 94.0 cm³/mol. The van der Waals surface area contributed by atoms with Crippen molar-refractivity contribution < 1.29 is 0 Å². The second-order valence-corrected chi connectivity index (χ2v) is 6.21. The average molecular weight is 326 g/mol. The maximum Gasteiger partial charge on any atom is 0.185 e. The molecule has 0 aliphatic carbocycles. The highest BCUT2D eigenvalue weighted by molar-refractivity contribution is 7.80. The molecule has 4 N–H and O–H groups in total. The van der Waals surface area contributed by atoms with E-state index in [1.54, 1.807) is 0 Å². The minimum Gasteiger partial charge on any atom is -0.332 e. The van der Waals surface area contributed by atoms with Crippen molar-refractivity contribution in [2.24, 2.45) is 0 Å². The van der Waals surface area contributed by atoms with Gasteiger partial charge in [0.25, 0.3) is 0 Å². The molecule has 0 radical (unpaired) electrons. The van der Waals surface area contributed by atoms with E-state index >= 15 is 0 Å². The summed E-state index contributed by atoms with van der Waals surface area (Å²) in [5.41, 5.74) is 0.783. The van der Waals surface area contributed by atoms with Gasteiger partial charge in [-0.05, 0) is 24.4 Å². The standard InChI is InChI=1S/C16H14N4S2/c21-13-17-15(11-7-3-1-4-8-11)16(19-13,20-14(22)18-15)12-9-5-2-6-10-12/h1-10H,(H2,17,19,21)(H2,18,20,22). The van der Waals surface area contributed by atoms with Crippen molar-refractivity contribution in [3.8, 4) is 0 Å². The molecule has 2 aliphatic heterocycles. The van der Waals surface area contributed by atoms with E-state index < -0.39 is 11.3 Å². The smallest absolute Gasteiger partial charge is 0.185 e. The summed E-state index contributed by atoms with van der Waals surface area (Å²) in [6.45, 7) is 0. The van der Waals surface area contributed by atoms with Crippen molar-refractivity contribution >= 4 is 34.7 Å². The number of hydrogen-bond donors (Lipinski definition) is 4. The van der Waals surface area contributed by atoms with Crippen LogP contribution in [0.4, 0.5) is 0 Å². The Bertz CT molecular complexity index is 664. The zero-order chi connectivity index (χ0) is 15.2. The molecule has 0 amide bonds. The van der Waals surface area contributed by atoms with Crippen LogP contribution in [0.5, 0.6) is 0 Å². The Balaban J connectivity index is 1.98. The maximum atomic E-state index is 5.41. The Kier molecular flexibility index (Phi) is 2.85. The molecule has 6 heteroatoms. The van der Waals surface area contributed by atoms with Crippen LogP contribution in [0.3, 0.4) is 0 Å². The Labute approximate surface area is 139 Å². The van der Waals surface area contributed by atoms with Gasteiger partial charge in [0.15, 0.2) is 21.6 Å². The lowest BCUT2D eigenvalue weighted by Crippen LogP contribution is -2.60. The second-order valence-electron chi connectivity index (χ2n) is 5.39. The van der Waals surface area contributed by atoms with Crippen LogP contribution in [-0.2, 0) is 11.3 Å². The summed E-state index contributed by atoms with van der Waals surface area (Å²) in [6.07, 6.45) is 0. The monoisotopic (exact) mass is 326 g/mol. The van der Waals surface area contributed by atoms with Gasteiger partial charge in [-0.1, -0.05) is 60.7 Å². The van der Waals surface area contributed by atoms with Gasteiger partial charge in [0.1, 0.15) is 0 Å². The van der Waals surface area contributed by atoms with Gasteiger partial charge in [-0.2, -0.15) is 0 Å². The largest absolute Gasteiger partial charge is 0.332 e. The summed E-state index contributed by atoms with van der Waals surface area (Å²) in [5.74, 6) is 0. The lowest BCUT2D eigenvalue weighted by atomic mass is 9.83. The molecule has 2 aromatic carbocycles. The van der Waals surface area contributed by atoms with Gasteiger partial charge in [0.05, 0.1) is 0 Å². The molecule has 110 valence electrons. The third kappa shape index (κ3) is 1.68. The van der Waals surface area contributed by atoms with Gasteiger partial charge in [-0.25, -0.2) is 0 Å². The molecule has 4 rings (SSSR count). The summed E-state index contributed by atoms with van der Waals surface area (Å²) in [5, 5.41) is 14.7. The van der Waals surface area contributed by atoms with Crippen LogP contribution in [0.15, 0.2) is 60.7 Å². The van der Waals surface area contributed by atoms with Crippen LogP contribution >= 0.6 is 24.4 Å². The average Bonchev–Trinajstić information content (AvgIpc) is 2.97. The number of fused-ring (bicyclic) bond motifs is 1. The van der Waals surface area contributed by atoms with Gasteiger partial charge >= 0.3 is 0 Å². The molecule has 0 unspecified atom stereocenters. The zero-order valence-corrected chi connectivity index (χ0v) is 13.2. The molecule has 4 nitrogen and oxygen atoms in total. The van der Waals surface area contributed by atoms with Gasteiger partial charge in [0.2, 0.25) is 0 Å². The summed E-state index contributed by atoms with van der Waals surface area (Å²) in [4.78, 5) is 0. The van der Waals surface area contributed by atoms with Gasteiger partial charge in [0, 0.05) is 11.1 Å². The molecule has 2 saturated heterocycles. The van der Waals surface area contributed by atoms with E-state index in [-0.39, 0.29) is 0 Å². The van der Waals surface area contributed by atoms with Crippen molar-refractivity contribution in [3.63, 3.8) is 0 Å².